The molecule has 0 unspecified atom stereocenters. The number of hydrogen-bond acceptors (Lipinski definition) is 3. The van der Waals surface area contributed by atoms with Crippen LogP contribution in [0.15, 0.2) is 16.7 Å². The molecular formula is C12H16ClNO4. The van der Waals surface area contributed by atoms with Gasteiger partial charge in [0.15, 0.2) is 0 Å². The Balaban J connectivity index is 2.94. The minimum Gasteiger partial charge on any atom is -0.481 e. The van der Waals surface area contributed by atoms with Gasteiger partial charge in [0.05, 0.1) is 22.8 Å². The molecule has 0 spiro atoms. The summed E-state index contributed by atoms with van der Waals surface area (Å²) < 4.78 is 4.82. The number of nitrogens with one attached hydrogen (secondary N) is 1. The summed E-state index contributed by atoms with van der Waals surface area (Å²) in [5, 5.41) is 11.8. The van der Waals surface area contributed by atoms with Gasteiger partial charge in [-0.15, -0.1) is 0 Å². The van der Waals surface area contributed by atoms with Crippen molar-refractivity contribution in [3.8, 4) is 0 Å². The number of carbonyl (C=O) groups is 2. The number of carboxylic acid groups (broad SMARTS) is 1. The number of carboxylic acids is 1. The quantitative estimate of drug-likeness (QED) is 0.883. The SMILES string of the molecule is CC(C)(NC(=O)c1ccoc1Cl)C(C)(C)C(=O)O. The van der Waals surface area contributed by atoms with Crippen LogP contribution in [0.25, 0.3) is 0 Å². The molecule has 0 radical (unpaired) electrons. The Morgan fingerprint density at radius 2 is 1.89 bits per heavy atom. The molecule has 100 valence electrons. The Labute approximate surface area is 110 Å². The largest absolute Gasteiger partial charge is 0.481 e. The molecule has 0 bridgehead atoms. The zero-order valence-corrected chi connectivity index (χ0v) is 11.5. The molecule has 0 aromatic carbocycles. The molecule has 0 aliphatic carbocycles. The lowest BCUT2D eigenvalue weighted by atomic mass is 9.74. The monoisotopic (exact) mass is 273 g/mol. The van der Waals surface area contributed by atoms with Gasteiger partial charge < -0.3 is 14.8 Å². The third-order valence-electron chi connectivity index (χ3n) is 3.39. The van der Waals surface area contributed by atoms with Gasteiger partial charge in [0, 0.05) is 0 Å². The van der Waals surface area contributed by atoms with Gasteiger partial charge in [0.2, 0.25) is 5.22 Å². The molecule has 0 atom stereocenters. The van der Waals surface area contributed by atoms with Crippen LogP contribution in [0.3, 0.4) is 0 Å². The van der Waals surface area contributed by atoms with E-state index in [1.807, 2.05) is 0 Å². The normalized spacial score (nSPS) is 12.3. The van der Waals surface area contributed by atoms with E-state index in [9.17, 15) is 14.7 Å². The summed E-state index contributed by atoms with van der Waals surface area (Å²) in [7, 11) is 0. The number of aliphatic carboxylic acids is 1. The standard InChI is InChI=1S/C12H16ClNO4/c1-11(2,10(16)17)12(3,4)14-9(15)7-5-6-18-8(7)13/h5-6H,1-4H3,(H,14,15)(H,16,17). The minimum absolute atomic E-state index is 0.0172. The average molecular weight is 274 g/mol. The Hall–Kier alpha value is -1.49. The van der Waals surface area contributed by atoms with Gasteiger partial charge in [-0.25, -0.2) is 0 Å². The van der Waals surface area contributed by atoms with Crippen molar-refractivity contribution >= 4 is 23.5 Å². The number of amides is 1. The minimum atomic E-state index is -1.13. The van der Waals surface area contributed by atoms with Crippen LogP contribution in [0.1, 0.15) is 38.1 Å². The summed E-state index contributed by atoms with van der Waals surface area (Å²) in [6, 6.07) is 1.43. The van der Waals surface area contributed by atoms with Gasteiger partial charge in [-0.05, 0) is 45.4 Å². The summed E-state index contributed by atoms with van der Waals surface area (Å²) in [4.78, 5) is 23.2. The van der Waals surface area contributed by atoms with Crippen molar-refractivity contribution in [1.29, 1.82) is 0 Å². The van der Waals surface area contributed by atoms with E-state index in [-0.39, 0.29) is 10.8 Å². The average Bonchev–Trinajstić information content (AvgIpc) is 2.63. The van der Waals surface area contributed by atoms with E-state index in [0.29, 0.717) is 0 Å². The van der Waals surface area contributed by atoms with E-state index < -0.39 is 22.8 Å². The van der Waals surface area contributed by atoms with Crippen LogP contribution < -0.4 is 5.32 Å². The molecule has 0 saturated carbocycles. The molecule has 5 nitrogen and oxygen atoms in total. The van der Waals surface area contributed by atoms with E-state index in [2.05, 4.69) is 5.32 Å². The van der Waals surface area contributed by atoms with Crippen LogP contribution in [0.4, 0.5) is 0 Å². The summed E-state index contributed by atoms with van der Waals surface area (Å²) in [6.45, 7) is 6.39. The van der Waals surface area contributed by atoms with Crippen LogP contribution in [0.5, 0.6) is 0 Å². The fourth-order valence-electron chi connectivity index (χ4n) is 1.23. The molecule has 1 rings (SSSR count). The van der Waals surface area contributed by atoms with Crippen molar-refractivity contribution < 1.29 is 19.1 Å². The summed E-state index contributed by atoms with van der Waals surface area (Å²) in [5.74, 6) is -1.46. The van der Waals surface area contributed by atoms with Gasteiger partial charge in [-0.2, -0.15) is 0 Å². The Morgan fingerprint density at radius 1 is 1.33 bits per heavy atom. The molecule has 0 fully saturated rings. The van der Waals surface area contributed by atoms with Crippen LogP contribution in [0.2, 0.25) is 5.22 Å². The lowest BCUT2D eigenvalue weighted by Crippen LogP contribution is -2.56. The van der Waals surface area contributed by atoms with Gasteiger partial charge in [0.25, 0.3) is 5.91 Å². The number of furan rings is 1. The highest BCUT2D eigenvalue weighted by Crippen LogP contribution is 2.31. The van der Waals surface area contributed by atoms with Gasteiger partial charge in [0.1, 0.15) is 0 Å². The second-order valence-electron chi connectivity index (χ2n) is 5.12. The predicted molar refractivity (Wildman–Crippen MR) is 66.7 cm³/mol. The Kier molecular flexibility index (Phi) is 3.76. The summed E-state index contributed by atoms with van der Waals surface area (Å²) >= 11 is 5.70. The predicted octanol–water partition coefficient (Wildman–Crippen LogP) is 2.55. The molecular weight excluding hydrogens is 258 g/mol. The second-order valence-corrected chi connectivity index (χ2v) is 5.46. The van der Waals surface area contributed by atoms with Gasteiger partial charge >= 0.3 is 5.97 Å². The van der Waals surface area contributed by atoms with Crippen molar-refractivity contribution in [2.45, 2.75) is 33.2 Å². The first-order chi connectivity index (χ1) is 8.09. The molecule has 2 N–H and O–H groups in total. The van der Waals surface area contributed by atoms with E-state index in [4.69, 9.17) is 16.0 Å². The fourth-order valence-corrected chi connectivity index (χ4v) is 1.43. The smallest absolute Gasteiger partial charge is 0.311 e. The van der Waals surface area contributed by atoms with Crippen molar-refractivity contribution in [1.82, 2.24) is 5.32 Å². The van der Waals surface area contributed by atoms with Crippen molar-refractivity contribution in [2.24, 2.45) is 5.41 Å². The highest BCUT2D eigenvalue weighted by Gasteiger charge is 2.44. The van der Waals surface area contributed by atoms with Crippen molar-refractivity contribution in [2.75, 3.05) is 0 Å². The van der Waals surface area contributed by atoms with Crippen LogP contribution >= 0.6 is 11.6 Å². The fraction of sp³-hybridized carbons (Fsp3) is 0.500. The van der Waals surface area contributed by atoms with Crippen LogP contribution in [-0.2, 0) is 4.79 Å². The van der Waals surface area contributed by atoms with Crippen LogP contribution in [-0.4, -0.2) is 22.5 Å². The lowest BCUT2D eigenvalue weighted by Gasteiger charge is -2.38. The van der Waals surface area contributed by atoms with E-state index in [1.165, 1.54) is 12.3 Å². The number of hydrogen-bond donors (Lipinski definition) is 2. The maximum absolute atomic E-state index is 12.0. The molecule has 1 aromatic heterocycles. The highest BCUT2D eigenvalue weighted by atomic mass is 35.5. The zero-order chi connectivity index (χ0) is 14.1. The maximum atomic E-state index is 12.0. The first kappa shape index (κ1) is 14.6. The zero-order valence-electron chi connectivity index (χ0n) is 10.7. The van der Waals surface area contributed by atoms with Gasteiger partial charge in [-0.3, -0.25) is 9.59 Å². The Morgan fingerprint density at radius 3 is 2.28 bits per heavy atom. The lowest BCUT2D eigenvalue weighted by molar-refractivity contribution is -0.150. The van der Waals surface area contributed by atoms with E-state index >= 15 is 0 Å². The highest BCUT2D eigenvalue weighted by molar-refractivity contribution is 6.32. The topological polar surface area (TPSA) is 79.5 Å². The summed E-state index contributed by atoms with van der Waals surface area (Å²) in [5.41, 5.74) is -1.89. The van der Waals surface area contributed by atoms with Crippen molar-refractivity contribution in [3.63, 3.8) is 0 Å². The molecule has 1 amide bonds. The Bertz CT molecular complexity index is 476. The van der Waals surface area contributed by atoms with E-state index in [1.54, 1.807) is 27.7 Å². The number of carbonyl (C=O) groups excluding carboxylic acids is 1. The first-order valence-corrected chi connectivity index (χ1v) is 5.76. The number of halogens is 1. The first-order valence-electron chi connectivity index (χ1n) is 5.38. The van der Waals surface area contributed by atoms with Crippen molar-refractivity contribution in [3.05, 3.63) is 23.1 Å². The van der Waals surface area contributed by atoms with E-state index in [0.717, 1.165) is 0 Å². The maximum Gasteiger partial charge on any atom is 0.311 e. The molecule has 1 aromatic rings. The molecule has 0 aliphatic rings. The molecule has 0 saturated heterocycles. The third-order valence-corrected chi connectivity index (χ3v) is 3.68. The third kappa shape index (κ3) is 2.51. The molecule has 0 aliphatic heterocycles. The molecule has 1 heterocycles. The van der Waals surface area contributed by atoms with Crippen LogP contribution in [0, 0.1) is 5.41 Å². The summed E-state index contributed by atoms with van der Waals surface area (Å²) in [6.07, 6.45) is 1.30. The molecule has 6 heteroatoms. The second kappa shape index (κ2) is 4.65. The van der Waals surface area contributed by atoms with Gasteiger partial charge in [-0.1, -0.05) is 0 Å². The number of rotatable bonds is 4. The molecule has 18 heavy (non-hydrogen) atoms.